The summed E-state index contributed by atoms with van der Waals surface area (Å²) in [5.41, 5.74) is 0.350. The topological polar surface area (TPSA) is 110 Å². The molecule has 2 N–H and O–H groups in total. The molecule has 0 saturated heterocycles. The number of nitrogens with one attached hydrogen (secondary N) is 1. The molecule has 0 aliphatic heterocycles. The first-order valence-electron chi connectivity index (χ1n) is 9.21. The Bertz CT molecular complexity index is 1340. The van der Waals surface area contributed by atoms with Crippen molar-refractivity contribution >= 4 is 11.6 Å². The Balaban J connectivity index is 1.61. The molecule has 2 aromatic carbocycles. The molecule has 2 heterocycles. The molecule has 2 aromatic heterocycles. The normalized spacial score (nSPS) is 10.6. The predicted octanol–water partition coefficient (Wildman–Crippen LogP) is 3.09. The highest BCUT2D eigenvalue weighted by Crippen LogP contribution is 2.20. The lowest BCUT2D eigenvalue weighted by Gasteiger charge is -2.12. The summed E-state index contributed by atoms with van der Waals surface area (Å²) in [5, 5.41) is 16.1. The second kappa shape index (κ2) is 8.15. The number of benzene rings is 2. The maximum atomic E-state index is 14.2. The van der Waals surface area contributed by atoms with Crippen molar-refractivity contribution in [1.82, 2.24) is 19.7 Å². The van der Waals surface area contributed by atoms with Crippen LogP contribution in [0, 0.1) is 12.7 Å². The summed E-state index contributed by atoms with van der Waals surface area (Å²) in [5.74, 6) is -0.882. The SMILES string of the molecule is Cc1cc(=O)c(C(=O)Nc2cnc(-c3cccc(O)c3)nc2)nn1-c1ccccc1F. The lowest BCUT2D eigenvalue weighted by molar-refractivity contribution is 0.101. The quantitative estimate of drug-likeness (QED) is 0.528. The van der Waals surface area contributed by atoms with E-state index in [0.717, 1.165) is 0 Å². The highest BCUT2D eigenvalue weighted by molar-refractivity contribution is 6.02. The second-order valence-electron chi connectivity index (χ2n) is 6.66. The van der Waals surface area contributed by atoms with Gasteiger partial charge < -0.3 is 10.4 Å². The fourth-order valence-corrected chi connectivity index (χ4v) is 2.95. The number of aromatic nitrogens is 4. The molecule has 0 fully saturated rings. The molecule has 0 atom stereocenters. The van der Waals surface area contributed by atoms with Crippen molar-refractivity contribution in [2.24, 2.45) is 0 Å². The van der Waals surface area contributed by atoms with Gasteiger partial charge in [0.15, 0.2) is 11.5 Å². The van der Waals surface area contributed by atoms with Crippen LogP contribution in [0.3, 0.4) is 0 Å². The monoisotopic (exact) mass is 417 g/mol. The number of nitrogens with zero attached hydrogens (tertiary/aromatic N) is 4. The number of carbonyl (C=O) groups excluding carboxylic acids is 1. The average Bonchev–Trinajstić information content (AvgIpc) is 2.75. The van der Waals surface area contributed by atoms with Crippen molar-refractivity contribution in [3.63, 3.8) is 0 Å². The van der Waals surface area contributed by atoms with Gasteiger partial charge in [-0.05, 0) is 31.2 Å². The number of anilines is 1. The molecule has 0 aliphatic carbocycles. The molecule has 1 amide bonds. The van der Waals surface area contributed by atoms with Crippen molar-refractivity contribution in [3.8, 4) is 22.8 Å². The van der Waals surface area contributed by atoms with Crippen LogP contribution >= 0.6 is 0 Å². The molecule has 0 spiro atoms. The standard InChI is InChI=1S/C22H16FN5O3/c1-13-9-19(30)20(27-28(13)18-8-3-2-7-17(18)23)22(31)26-15-11-24-21(25-12-15)14-5-4-6-16(29)10-14/h2-12,29H,1H3,(H,26,31). The molecular formula is C22H16FN5O3. The van der Waals surface area contributed by atoms with E-state index in [1.807, 2.05) is 0 Å². The van der Waals surface area contributed by atoms with Gasteiger partial charge >= 0.3 is 0 Å². The molecule has 9 heteroatoms. The average molecular weight is 417 g/mol. The van der Waals surface area contributed by atoms with Crippen LogP contribution in [-0.2, 0) is 0 Å². The predicted molar refractivity (Wildman–Crippen MR) is 112 cm³/mol. The Morgan fingerprint density at radius 3 is 2.52 bits per heavy atom. The number of hydrogen-bond acceptors (Lipinski definition) is 6. The van der Waals surface area contributed by atoms with Gasteiger partial charge in [0.05, 0.1) is 18.1 Å². The van der Waals surface area contributed by atoms with Crippen molar-refractivity contribution in [3.05, 3.63) is 94.4 Å². The van der Waals surface area contributed by atoms with Crippen molar-refractivity contribution < 1.29 is 14.3 Å². The highest BCUT2D eigenvalue weighted by atomic mass is 19.1. The molecule has 0 aliphatic rings. The molecule has 0 bridgehead atoms. The van der Waals surface area contributed by atoms with Gasteiger partial charge in [0.1, 0.15) is 17.3 Å². The zero-order chi connectivity index (χ0) is 22.0. The smallest absolute Gasteiger partial charge is 0.280 e. The number of phenols is 1. The molecule has 0 unspecified atom stereocenters. The van der Waals surface area contributed by atoms with Gasteiger partial charge in [-0.25, -0.2) is 19.0 Å². The van der Waals surface area contributed by atoms with Crippen LogP contribution in [0.5, 0.6) is 5.75 Å². The summed E-state index contributed by atoms with van der Waals surface area (Å²) in [4.78, 5) is 33.3. The summed E-state index contributed by atoms with van der Waals surface area (Å²) in [7, 11) is 0. The fraction of sp³-hybridized carbons (Fsp3) is 0.0455. The van der Waals surface area contributed by atoms with Gasteiger partial charge in [0.2, 0.25) is 5.43 Å². The van der Waals surface area contributed by atoms with Gasteiger partial charge in [-0.3, -0.25) is 9.59 Å². The van der Waals surface area contributed by atoms with Gasteiger partial charge in [-0.2, -0.15) is 5.10 Å². The second-order valence-corrected chi connectivity index (χ2v) is 6.66. The molecule has 4 aromatic rings. The maximum Gasteiger partial charge on any atom is 0.280 e. The Morgan fingerprint density at radius 2 is 1.81 bits per heavy atom. The zero-order valence-electron chi connectivity index (χ0n) is 16.3. The van der Waals surface area contributed by atoms with Crippen molar-refractivity contribution in [2.45, 2.75) is 6.92 Å². The number of carbonyl (C=O) groups is 1. The lowest BCUT2D eigenvalue weighted by Crippen LogP contribution is -2.27. The Labute approximate surface area is 175 Å². The third-order valence-corrected chi connectivity index (χ3v) is 4.42. The minimum absolute atomic E-state index is 0.0788. The van der Waals surface area contributed by atoms with Crippen LogP contribution in [0.15, 0.2) is 71.8 Å². The molecule has 0 saturated carbocycles. The van der Waals surface area contributed by atoms with E-state index in [9.17, 15) is 19.1 Å². The Hall–Kier alpha value is -4.40. The number of rotatable bonds is 4. The van der Waals surface area contributed by atoms with E-state index in [1.165, 1.54) is 53.5 Å². The Kier molecular flexibility index (Phi) is 5.23. The van der Waals surface area contributed by atoms with Crippen LogP contribution in [0.2, 0.25) is 0 Å². The van der Waals surface area contributed by atoms with Gasteiger partial charge in [-0.1, -0.05) is 24.3 Å². The van der Waals surface area contributed by atoms with Crippen LogP contribution in [0.4, 0.5) is 10.1 Å². The minimum atomic E-state index is -0.774. The van der Waals surface area contributed by atoms with E-state index in [0.29, 0.717) is 17.1 Å². The summed E-state index contributed by atoms with van der Waals surface area (Å²) in [6, 6.07) is 13.6. The van der Waals surface area contributed by atoms with Crippen molar-refractivity contribution in [1.29, 1.82) is 0 Å². The number of hydrogen-bond donors (Lipinski definition) is 2. The number of aryl methyl sites for hydroxylation is 1. The molecule has 154 valence electrons. The van der Waals surface area contributed by atoms with Gasteiger partial charge in [0.25, 0.3) is 5.91 Å². The van der Waals surface area contributed by atoms with E-state index < -0.39 is 22.8 Å². The summed E-state index contributed by atoms with van der Waals surface area (Å²) in [6.45, 7) is 1.59. The first-order valence-corrected chi connectivity index (χ1v) is 9.21. The number of phenolic OH excluding ortho intramolecular Hbond substituents is 1. The van der Waals surface area contributed by atoms with Crippen molar-refractivity contribution in [2.75, 3.05) is 5.32 Å². The largest absolute Gasteiger partial charge is 0.508 e. The number of halogens is 1. The summed E-state index contributed by atoms with van der Waals surface area (Å²) < 4.78 is 15.4. The minimum Gasteiger partial charge on any atom is -0.508 e. The first kappa shape index (κ1) is 19.9. The third kappa shape index (κ3) is 4.15. The molecule has 0 radical (unpaired) electrons. The summed E-state index contributed by atoms with van der Waals surface area (Å²) >= 11 is 0. The van der Waals surface area contributed by atoms with E-state index in [1.54, 1.807) is 25.1 Å². The van der Waals surface area contributed by atoms with Gasteiger partial charge in [-0.15, -0.1) is 0 Å². The molecule has 8 nitrogen and oxygen atoms in total. The van der Waals surface area contributed by atoms with E-state index >= 15 is 0 Å². The number of para-hydroxylation sites is 1. The number of aromatic hydroxyl groups is 1. The molecule has 4 rings (SSSR count). The fourth-order valence-electron chi connectivity index (χ4n) is 2.95. The number of amides is 1. The van der Waals surface area contributed by atoms with Crippen LogP contribution in [0.1, 0.15) is 16.2 Å². The van der Waals surface area contributed by atoms with E-state index in [2.05, 4.69) is 20.4 Å². The first-order chi connectivity index (χ1) is 14.9. The lowest BCUT2D eigenvalue weighted by atomic mass is 10.2. The Morgan fingerprint density at radius 1 is 1.06 bits per heavy atom. The van der Waals surface area contributed by atoms with E-state index in [-0.39, 0.29) is 17.1 Å². The van der Waals surface area contributed by atoms with Crippen LogP contribution < -0.4 is 10.7 Å². The zero-order valence-corrected chi connectivity index (χ0v) is 16.3. The summed E-state index contributed by atoms with van der Waals surface area (Å²) in [6.07, 6.45) is 2.74. The van der Waals surface area contributed by atoms with Crippen LogP contribution in [-0.4, -0.2) is 30.8 Å². The van der Waals surface area contributed by atoms with E-state index in [4.69, 9.17) is 0 Å². The maximum absolute atomic E-state index is 14.2. The van der Waals surface area contributed by atoms with Gasteiger partial charge in [0, 0.05) is 17.3 Å². The molecule has 31 heavy (non-hydrogen) atoms. The third-order valence-electron chi connectivity index (χ3n) is 4.42. The highest BCUT2D eigenvalue weighted by Gasteiger charge is 2.17. The van der Waals surface area contributed by atoms with Crippen LogP contribution in [0.25, 0.3) is 17.1 Å². The molecular weight excluding hydrogens is 401 g/mol.